The first-order valence-corrected chi connectivity index (χ1v) is 8.13. The van der Waals surface area contributed by atoms with E-state index in [2.05, 4.69) is 16.5 Å². The summed E-state index contributed by atoms with van der Waals surface area (Å²) in [6.07, 6.45) is 1.33. The van der Waals surface area contributed by atoms with Crippen molar-refractivity contribution in [2.24, 2.45) is 0 Å². The van der Waals surface area contributed by atoms with Gasteiger partial charge in [-0.2, -0.15) is 0 Å². The molecule has 122 valence electrons. The number of carbonyl (C=O) groups excluding carboxylic acids is 1. The van der Waals surface area contributed by atoms with Crippen LogP contribution in [0.25, 0.3) is 0 Å². The molecule has 0 amide bonds. The molecule has 22 heavy (non-hydrogen) atoms. The second kappa shape index (κ2) is 7.63. The number of carbonyl (C=O) groups is 1. The highest BCUT2D eigenvalue weighted by Gasteiger charge is 2.31. The first-order valence-electron chi connectivity index (χ1n) is 7.31. The monoisotopic (exact) mass is 324 g/mol. The zero-order valence-electron chi connectivity index (χ0n) is 13.9. The van der Waals surface area contributed by atoms with E-state index in [-0.39, 0.29) is 11.7 Å². The Balaban J connectivity index is 2.89. The van der Waals surface area contributed by atoms with Crippen LogP contribution >= 0.6 is 11.8 Å². The average molecular weight is 324 g/mol. The van der Waals surface area contributed by atoms with Crippen LogP contribution in [0.3, 0.4) is 0 Å². The van der Waals surface area contributed by atoms with E-state index in [0.717, 1.165) is 18.5 Å². The zero-order chi connectivity index (χ0) is 16.9. The predicted molar refractivity (Wildman–Crippen MR) is 89.2 cm³/mol. The van der Waals surface area contributed by atoms with E-state index >= 15 is 0 Å². The number of aromatic nitrogens is 2. The highest BCUT2D eigenvalue weighted by molar-refractivity contribution is 8.00. The molecule has 5 nitrogen and oxygen atoms in total. The van der Waals surface area contributed by atoms with Gasteiger partial charge in [0.1, 0.15) is 6.10 Å². The molecule has 0 fully saturated rings. The summed E-state index contributed by atoms with van der Waals surface area (Å²) in [6.45, 7) is 12.9. The van der Waals surface area contributed by atoms with Gasteiger partial charge in [-0.1, -0.05) is 31.7 Å². The van der Waals surface area contributed by atoms with Crippen molar-refractivity contribution in [2.75, 3.05) is 0 Å². The number of thioether (sulfide) groups is 1. The van der Waals surface area contributed by atoms with E-state index in [1.165, 1.54) is 17.8 Å². The molecule has 0 aliphatic rings. The Morgan fingerprint density at radius 3 is 2.73 bits per heavy atom. The first-order chi connectivity index (χ1) is 10.2. The zero-order valence-corrected chi connectivity index (χ0v) is 14.7. The van der Waals surface area contributed by atoms with Gasteiger partial charge in [0.05, 0.1) is 4.75 Å². The molecule has 1 unspecified atom stereocenters. The third kappa shape index (κ3) is 5.33. The van der Waals surface area contributed by atoms with Crippen LogP contribution in [0.15, 0.2) is 28.2 Å². The minimum Gasteiger partial charge on any atom is -0.458 e. The SMILES string of the molecule is C=C(C)C(=O)OC(C)C(C)(C)Sc1nc(CCC)cc(=O)[nH]1. The normalized spacial score (nSPS) is 12.8. The Labute approximate surface area is 135 Å². The van der Waals surface area contributed by atoms with E-state index in [0.29, 0.717) is 10.7 Å². The molecular weight excluding hydrogens is 300 g/mol. The van der Waals surface area contributed by atoms with Crippen LogP contribution in [0.5, 0.6) is 0 Å². The van der Waals surface area contributed by atoms with Gasteiger partial charge in [-0.25, -0.2) is 9.78 Å². The Kier molecular flexibility index (Phi) is 6.41. The number of H-pyrrole nitrogens is 1. The van der Waals surface area contributed by atoms with Gasteiger partial charge in [-0.05, 0) is 34.1 Å². The topological polar surface area (TPSA) is 72.0 Å². The molecule has 0 aliphatic carbocycles. The molecule has 0 bridgehead atoms. The number of nitrogens with one attached hydrogen (secondary N) is 1. The molecule has 1 heterocycles. The van der Waals surface area contributed by atoms with E-state index < -0.39 is 10.7 Å². The molecule has 0 radical (unpaired) electrons. The quantitative estimate of drug-likeness (QED) is 0.361. The first kappa shape index (κ1) is 18.5. The predicted octanol–water partition coefficient (Wildman–Crippen LogP) is 3.10. The largest absolute Gasteiger partial charge is 0.458 e. The van der Waals surface area contributed by atoms with Gasteiger partial charge >= 0.3 is 5.97 Å². The van der Waals surface area contributed by atoms with Crippen LogP contribution in [0.2, 0.25) is 0 Å². The Hall–Kier alpha value is -1.56. The van der Waals surface area contributed by atoms with Crippen molar-refractivity contribution >= 4 is 17.7 Å². The minimum atomic E-state index is -0.439. The summed E-state index contributed by atoms with van der Waals surface area (Å²) in [5, 5.41) is 0.541. The fourth-order valence-electron chi connectivity index (χ4n) is 1.65. The fraction of sp³-hybridized carbons (Fsp3) is 0.562. The van der Waals surface area contributed by atoms with Crippen molar-refractivity contribution in [1.82, 2.24) is 9.97 Å². The van der Waals surface area contributed by atoms with E-state index in [1.54, 1.807) is 6.92 Å². The summed E-state index contributed by atoms with van der Waals surface area (Å²) in [5.41, 5.74) is 0.976. The summed E-state index contributed by atoms with van der Waals surface area (Å²) in [4.78, 5) is 30.5. The van der Waals surface area contributed by atoms with Gasteiger partial charge in [0.15, 0.2) is 5.16 Å². The molecule has 1 rings (SSSR count). The molecule has 1 aromatic rings. The van der Waals surface area contributed by atoms with Crippen molar-refractivity contribution in [3.63, 3.8) is 0 Å². The van der Waals surface area contributed by atoms with Crippen LogP contribution in [-0.4, -0.2) is 26.8 Å². The van der Waals surface area contributed by atoms with Crippen LogP contribution < -0.4 is 5.56 Å². The lowest BCUT2D eigenvalue weighted by Crippen LogP contribution is -2.35. The van der Waals surface area contributed by atoms with Crippen molar-refractivity contribution < 1.29 is 9.53 Å². The fourth-order valence-corrected chi connectivity index (χ4v) is 2.68. The number of aryl methyl sites for hydroxylation is 1. The molecular formula is C16H24N2O3S. The smallest absolute Gasteiger partial charge is 0.333 e. The average Bonchev–Trinajstić information content (AvgIpc) is 2.37. The van der Waals surface area contributed by atoms with Gasteiger partial charge in [0, 0.05) is 17.3 Å². The number of hydrogen-bond donors (Lipinski definition) is 1. The van der Waals surface area contributed by atoms with Gasteiger partial charge < -0.3 is 9.72 Å². The summed E-state index contributed by atoms with van der Waals surface area (Å²) in [5.74, 6) is -0.414. The molecule has 0 saturated carbocycles. The third-order valence-corrected chi connectivity index (χ3v) is 4.49. The maximum absolute atomic E-state index is 11.7. The molecule has 1 N–H and O–H groups in total. The molecule has 0 aliphatic heterocycles. The van der Waals surface area contributed by atoms with Crippen LogP contribution in [0, 0.1) is 0 Å². The number of nitrogens with zero attached hydrogens (tertiary/aromatic N) is 1. The van der Waals surface area contributed by atoms with Crippen molar-refractivity contribution in [2.45, 2.75) is 63.5 Å². The maximum Gasteiger partial charge on any atom is 0.333 e. The maximum atomic E-state index is 11.7. The van der Waals surface area contributed by atoms with Crippen molar-refractivity contribution in [3.8, 4) is 0 Å². The second-order valence-corrected chi connectivity index (χ2v) is 7.47. The molecule has 0 spiro atoms. The molecule has 0 saturated heterocycles. The van der Waals surface area contributed by atoms with Gasteiger partial charge in [-0.15, -0.1) is 0 Å². The van der Waals surface area contributed by atoms with E-state index in [1.807, 2.05) is 27.7 Å². The number of aromatic amines is 1. The van der Waals surface area contributed by atoms with Crippen molar-refractivity contribution in [1.29, 1.82) is 0 Å². The Morgan fingerprint density at radius 1 is 1.55 bits per heavy atom. The number of ether oxygens (including phenoxy) is 1. The highest BCUT2D eigenvalue weighted by Crippen LogP contribution is 2.34. The molecule has 6 heteroatoms. The summed E-state index contributed by atoms with van der Waals surface area (Å²) in [7, 11) is 0. The summed E-state index contributed by atoms with van der Waals surface area (Å²) < 4.78 is 4.94. The minimum absolute atomic E-state index is 0.164. The molecule has 0 aromatic carbocycles. The molecule has 1 aromatic heterocycles. The van der Waals surface area contributed by atoms with Crippen LogP contribution in [-0.2, 0) is 16.0 Å². The third-order valence-electron chi connectivity index (χ3n) is 3.25. The molecule has 1 atom stereocenters. The van der Waals surface area contributed by atoms with Gasteiger partial charge in [0.2, 0.25) is 0 Å². The standard InChI is InChI=1S/C16H24N2O3S/c1-7-8-12-9-13(19)18-15(17-12)22-16(5,6)11(4)21-14(20)10(2)3/h9,11H,2,7-8H2,1,3-6H3,(H,17,18,19). The van der Waals surface area contributed by atoms with Crippen LogP contribution in [0.4, 0.5) is 0 Å². The van der Waals surface area contributed by atoms with Crippen molar-refractivity contribution in [3.05, 3.63) is 34.3 Å². The van der Waals surface area contributed by atoms with Crippen LogP contribution in [0.1, 0.15) is 46.7 Å². The van der Waals surface area contributed by atoms with E-state index in [4.69, 9.17) is 4.74 Å². The van der Waals surface area contributed by atoms with E-state index in [9.17, 15) is 9.59 Å². The Bertz CT molecular complexity index is 608. The summed E-state index contributed by atoms with van der Waals surface area (Å²) in [6, 6.07) is 1.52. The highest BCUT2D eigenvalue weighted by atomic mass is 32.2. The Morgan fingerprint density at radius 2 is 2.18 bits per heavy atom. The second-order valence-electron chi connectivity index (χ2n) is 5.83. The van der Waals surface area contributed by atoms with Gasteiger partial charge in [-0.3, -0.25) is 4.79 Å². The lowest BCUT2D eigenvalue weighted by molar-refractivity contribution is -0.144. The number of rotatable bonds is 7. The lowest BCUT2D eigenvalue weighted by Gasteiger charge is -2.30. The lowest BCUT2D eigenvalue weighted by atomic mass is 10.1. The van der Waals surface area contributed by atoms with Gasteiger partial charge in [0.25, 0.3) is 5.56 Å². The summed E-state index contributed by atoms with van der Waals surface area (Å²) >= 11 is 1.39. The number of hydrogen-bond acceptors (Lipinski definition) is 5. The number of esters is 1.